The summed E-state index contributed by atoms with van der Waals surface area (Å²) in [6, 6.07) is 10.8. The second-order valence-corrected chi connectivity index (χ2v) is 7.78. The number of methoxy groups -OCH3 is 1. The van der Waals surface area contributed by atoms with Crippen molar-refractivity contribution >= 4 is 5.91 Å². The number of benzene rings is 1. The van der Waals surface area contributed by atoms with E-state index in [0.29, 0.717) is 17.9 Å². The molecule has 4 unspecified atom stereocenters. The minimum Gasteiger partial charge on any atom is -0.497 e. The van der Waals surface area contributed by atoms with E-state index in [2.05, 4.69) is 40.1 Å². The number of amides is 1. The zero-order chi connectivity index (χ0) is 19.0. The first-order chi connectivity index (χ1) is 13.0. The first-order valence-corrected chi connectivity index (χ1v) is 9.72. The Balaban J connectivity index is 1.51. The summed E-state index contributed by atoms with van der Waals surface area (Å²) in [5.74, 6) is 2.09. The van der Waals surface area contributed by atoms with E-state index in [0.717, 1.165) is 43.1 Å². The molecule has 0 radical (unpaired) electrons. The lowest BCUT2D eigenvalue weighted by atomic mass is 9.74. The predicted molar refractivity (Wildman–Crippen MR) is 105 cm³/mol. The van der Waals surface area contributed by atoms with Crippen molar-refractivity contribution in [3.8, 4) is 17.0 Å². The highest BCUT2D eigenvalue weighted by molar-refractivity contribution is 5.72. The standard InChI is InChI=1S/C21H28N4O2/c1-14(26)22-12-17-10-16-8-9-25(17)13-19(16)21-11-20(23-24(21)2)15-4-6-18(27-3)7-5-15/h4-7,11,16-17,19H,8-10,12-13H2,1-3H3,(H,22,26). The number of rotatable bonds is 5. The highest BCUT2D eigenvalue weighted by Crippen LogP contribution is 2.42. The Morgan fingerprint density at radius 1 is 1.33 bits per heavy atom. The largest absolute Gasteiger partial charge is 0.497 e. The molecule has 1 N–H and O–H groups in total. The maximum Gasteiger partial charge on any atom is 0.216 e. The summed E-state index contributed by atoms with van der Waals surface area (Å²) >= 11 is 0. The zero-order valence-corrected chi connectivity index (χ0v) is 16.3. The molecule has 1 aromatic heterocycles. The molecule has 6 nitrogen and oxygen atoms in total. The highest BCUT2D eigenvalue weighted by atomic mass is 16.5. The van der Waals surface area contributed by atoms with Crippen molar-refractivity contribution in [3.63, 3.8) is 0 Å². The summed E-state index contributed by atoms with van der Waals surface area (Å²) in [5.41, 5.74) is 3.44. The Hall–Kier alpha value is -2.34. The topological polar surface area (TPSA) is 59.4 Å². The number of aromatic nitrogens is 2. The number of nitrogens with zero attached hydrogens (tertiary/aromatic N) is 3. The van der Waals surface area contributed by atoms with Gasteiger partial charge in [-0.05, 0) is 55.6 Å². The maximum absolute atomic E-state index is 11.3. The Kier molecular flexibility index (Phi) is 4.91. The van der Waals surface area contributed by atoms with Crippen LogP contribution in [0.2, 0.25) is 0 Å². The van der Waals surface area contributed by atoms with Crippen LogP contribution in [0.25, 0.3) is 11.3 Å². The Morgan fingerprint density at radius 2 is 2.11 bits per heavy atom. The molecule has 2 aromatic rings. The smallest absolute Gasteiger partial charge is 0.216 e. The summed E-state index contributed by atoms with van der Waals surface area (Å²) in [5, 5.41) is 7.77. The molecule has 3 saturated heterocycles. The Labute approximate surface area is 160 Å². The zero-order valence-electron chi connectivity index (χ0n) is 16.3. The number of aryl methyl sites for hydroxylation is 1. The van der Waals surface area contributed by atoms with Crippen molar-refractivity contribution in [2.75, 3.05) is 26.7 Å². The van der Waals surface area contributed by atoms with E-state index in [1.807, 2.05) is 12.1 Å². The second kappa shape index (κ2) is 7.35. The SMILES string of the molecule is COc1ccc(-c2cc(C3CN4CCC3CC4CNC(C)=O)n(C)n2)cc1. The van der Waals surface area contributed by atoms with Crippen molar-refractivity contribution in [1.82, 2.24) is 20.0 Å². The van der Waals surface area contributed by atoms with Gasteiger partial charge in [-0.3, -0.25) is 14.4 Å². The first-order valence-electron chi connectivity index (χ1n) is 9.72. The van der Waals surface area contributed by atoms with Crippen LogP contribution in [0.3, 0.4) is 0 Å². The number of piperidine rings is 3. The van der Waals surface area contributed by atoms with Gasteiger partial charge < -0.3 is 10.1 Å². The average Bonchev–Trinajstić information content (AvgIpc) is 3.08. The van der Waals surface area contributed by atoms with E-state index < -0.39 is 0 Å². The van der Waals surface area contributed by atoms with E-state index in [-0.39, 0.29) is 5.91 Å². The number of ether oxygens (including phenoxy) is 1. The average molecular weight is 368 g/mol. The van der Waals surface area contributed by atoms with Crippen LogP contribution >= 0.6 is 0 Å². The van der Waals surface area contributed by atoms with Crippen LogP contribution in [0, 0.1) is 5.92 Å². The van der Waals surface area contributed by atoms with Crippen LogP contribution in [0.5, 0.6) is 5.75 Å². The van der Waals surface area contributed by atoms with Crippen molar-refractivity contribution in [3.05, 3.63) is 36.0 Å². The molecule has 1 amide bonds. The predicted octanol–water partition coefficient (Wildman–Crippen LogP) is 2.41. The molecule has 2 bridgehead atoms. The number of carbonyl (C=O) groups is 1. The van der Waals surface area contributed by atoms with Crippen molar-refractivity contribution in [1.29, 1.82) is 0 Å². The van der Waals surface area contributed by atoms with Crippen LogP contribution in [-0.4, -0.2) is 53.4 Å². The van der Waals surface area contributed by atoms with Crippen LogP contribution < -0.4 is 10.1 Å². The molecule has 4 atom stereocenters. The minimum atomic E-state index is 0.0602. The lowest BCUT2D eigenvalue weighted by Crippen LogP contribution is -2.56. The van der Waals surface area contributed by atoms with Gasteiger partial charge in [0.25, 0.3) is 0 Å². The van der Waals surface area contributed by atoms with Gasteiger partial charge in [0, 0.05) is 50.3 Å². The Morgan fingerprint density at radius 3 is 2.74 bits per heavy atom. The van der Waals surface area contributed by atoms with Crippen molar-refractivity contribution in [2.45, 2.75) is 31.7 Å². The Bertz CT molecular complexity index is 814. The molecule has 0 saturated carbocycles. The minimum absolute atomic E-state index is 0.0602. The van der Waals surface area contributed by atoms with Crippen molar-refractivity contribution < 1.29 is 9.53 Å². The van der Waals surface area contributed by atoms with E-state index in [9.17, 15) is 4.79 Å². The third kappa shape index (κ3) is 3.58. The van der Waals surface area contributed by atoms with Crippen molar-refractivity contribution in [2.24, 2.45) is 13.0 Å². The quantitative estimate of drug-likeness (QED) is 0.881. The summed E-state index contributed by atoms with van der Waals surface area (Å²) in [6.45, 7) is 4.54. The number of fused-ring (bicyclic) bond motifs is 3. The lowest BCUT2D eigenvalue weighted by molar-refractivity contribution is -0.119. The van der Waals surface area contributed by atoms with Crippen LogP contribution in [0.1, 0.15) is 31.4 Å². The molecule has 27 heavy (non-hydrogen) atoms. The molecule has 0 aliphatic carbocycles. The molecule has 3 aliphatic heterocycles. The fourth-order valence-corrected chi connectivity index (χ4v) is 4.68. The fourth-order valence-electron chi connectivity index (χ4n) is 4.68. The molecule has 3 fully saturated rings. The van der Waals surface area contributed by atoms with Gasteiger partial charge in [0.05, 0.1) is 12.8 Å². The van der Waals surface area contributed by atoms with E-state index in [1.165, 1.54) is 12.1 Å². The molecular weight excluding hydrogens is 340 g/mol. The van der Waals surface area contributed by atoms with Gasteiger partial charge in [-0.2, -0.15) is 5.10 Å². The van der Waals surface area contributed by atoms with Gasteiger partial charge in [-0.25, -0.2) is 0 Å². The molecule has 3 aliphatic rings. The first kappa shape index (κ1) is 18.0. The van der Waals surface area contributed by atoms with Gasteiger partial charge in [0.1, 0.15) is 5.75 Å². The number of carbonyl (C=O) groups excluding carboxylic acids is 1. The van der Waals surface area contributed by atoms with Gasteiger partial charge in [0.2, 0.25) is 5.91 Å². The molecular formula is C21H28N4O2. The van der Waals surface area contributed by atoms with E-state index in [4.69, 9.17) is 9.84 Å². The van der Waals surface area contributed by atoms with E-state index >= 15 is 0 Å². The van der Waals surface area contributed by atoms with Gasteiger partial charge in [-0.15, -0.1) is 0 Å². The van der Waals surface area contributed by atoms with E-state index in [1.54, 1.807) is 14.0 Å². The fraction of sp³-hybridized carbons (Fsp3) is 0.524. The molecule has 5 rings (SSSR count). The normalized spacial score (nSPS) is 26.8. The summed E-state index contributed by atoms with van der Waals surface area (Å²) in [6.07, 6.45) is 2.37. The second-order valence-electron chi connectivity index (χ2n) is 7.78. The van der Waals surface area contributed by atoms with Gasteiger partial charge in [-0.1, -0.05) is 0 Å². The molecule has 144 valence electrons. The molecule has 6 heteroatoms. The van der Waals surface area contributed by atoms with Crippen LogP contribution in [0.15, 0.2) is 30.3 Å². The molecule has 0 spiro atoms. The number of hydrogen-bond acceptors (Lipinski definition) is 4. The third-order valence-corrected chi connectivity index (χ3v) is 6.15. The third-order valence-electron chi connectivity index (χ3n) is 6.15. The molecule has 1 aromatic carbocycles. The summed E-state index contributed by atoms with van der Waals surface area (Å²) < 4.78 is 7.30. The number of hydrogen-bond donors (Lipinski definition) is 1. The van der Waals surface area contributed by atoms with Crippen LogP contribution in [-0.2, 0) is 11.8 Å². The highest BCUT2D eigenvalue weighted by Gasteiger charge is 2.41. The van der Waals surface area contributed by atoms with Gasteiger partial charge >= 0.3 is 0 Å². The van der Waals surface area contributed by atoms with Gasteiger partial charge in [0.15, 0.2) is 0 Å². The maximum atomic E-state index is 11.3. The lowest BCUT2D eigenvalue weighted by Gasteiger charge is -2.49. The van der Waals surface area contributed by atoms with Crippen LogP contribution in [0.4, 0.5) is 0 Å². The molecule has 4 heterocycles. The number of nitrogens with one attached hydrogen (secondary N) is 1. The monoisotopic (exact) mass is 368 g/mol. The summed E-state index contributed by atoms with van der Waals surface area (Å²) in [4.78, 5) is 13.8. The summed E-state index contributed by atoms with van der Waals surface area (Å²) in [7, 11) is 3.73.